The third-order valence-corrected chi connectivity index (χ3v) is 4.32. The van der Waals surface area contributed by atoms with Gasteiger partial charge in [-0.05, 0) is 56.6 Å². The first kappa shape index (κ1) is 13.9. The van der Waals surface area contributed by atoms with Gasteiger partial charge in [-0.2, -0.15) is 0 Å². The topological polar surface area (TPSA) is 54.3 Å². The van der Waals surface area contributed by atoms with Crippen molar-refractivity contribution in [1.29, 1.82) is 0 Å². The van der Waals surface area contributed by atoms with Gasteiger partial charge in [-0.15, -0.1) is 0 Å². The molecule has 0 saturated heterocycles. The SMILES string of the molecule is CNC(c1ccc2c(c1)C(C)(C)C(=O)N2)c1occc1C. The van der Waals surface area contributed by atoms with Crippen molar-refractivity contribution in [3.8, 4) is 0 Å². The molecule has 1 atom stereocenters. The molecule has 4 nitrogen and oxygen atoms in total. The van der Waals surface area contributed by atoms with E-state index in [4.69, 9.17) is 4.42 Å². The Hall–Kier alpha value is -2.07. The average molecular weight is 284 g/mol. The molecule has 4 heteroatoms. The number of furan rings is 1. The second kappa shape index (κ2) is 4.74. The van der Waals surface area contributed by atoms with Gasteiger partial charge in [-0.1, -0.05) is 12.1 Å². The smallest absolute Gasteiger partial charge is 0.234 e. The zero-order chi connectivity index (χ0) is 15.2. The number of nitrogens with one attached hydrogen (secondary N) is 2. The highest BCUT2D eigenvalue weighted by Gasteiger charge is 2.38. The molecular formula is C17H20N2O2. The van der Waals surface area contributed by atoms with Crippen LogP contribution >= 0.6 is 0 Å². The molecule has 3 rings (SSSR count). The molecule has 2 aromatic rings. The lowest BCUT2D eigenvalue weighted by atomic mass is 9.84. The van der Waals surface area contributed by atoms with Gasteiger partial charge < -0.3 is 15.1 Å². The Morgan fingerprint density at radius 2 is 2.05 bits per heavy atom. The van der Waals surface area contributed by atoms with Gasteiger partial charge in [0.15, 0.2) is 0 Å². The number of fused-ring (bicyclic) bond motifs is 1. The minimum absolute atomic E-state index is 0.0168. The number of carbonyl (C=O) groups excluding carboxylic acids is 1. The summed E-state index contributed by atoms with van der Waals surface area (Å²) in [6.07, 6.45) is 1.71. The fourth-order valence-corrected chi connectivity index (χ4v) is 2.90. The average Bonchev–Trinajstić information content (AvgIpc) is 2.95. The first-order valence-corrected chi connectivity index (χ1v) is 7.12. The van der Waals surface area contributed by atoms with Crippen LogP contribution in [0.15, 0.2) is 34.9 Å². The van der Waals surface area contributed by atoms with E-state index < -0.39 is 5.41 Å². The second-order valence-corrected chi connectivity index (χ2v) is 6.07. The highest BCUT2D eigenvalue weighted by Crippen LogP contribution is 2.39. The van der Waals surface area contributed by atoms with Crippen molar-refractivity contribution in [3.63, 3.8) is 0 Å². The van der Waals surface area contributed by atoms with Crippen LogP contribution in [-0.4, -0.2) is 13.0 Å². The molecule has 110 valence electrons. The van der Waals surface area contributed by atoms with Crippen LogP contribution in [0.3, 0.4) is 0 Å². The predicted octanol–water partition coefficient (Wildman–Crippen LogP) is 3.13. The number of rotatable bonds is 3. The first-order valence-electron chi connectivity index (χ1n) is 7.12. The van der Waals surface area contributed by atoms with Gasteiger partial charge in [0.05, 0.1) is 17.7 Å². The van der Waals surface area contributed by atoms with Gasteiger partial charge in [-0.25, -0.2) is 0 Å². The van der Waals surface area contributed by atoms with E-state index in [1.165, 1.54) is 0 Å². The maximum Gasteiger partial charge on any atom is 0.234 e. The summed E-state index contributed by atoms with van der Waals surface area (Å²) in [5, 5.41) is 6.23. The fraction of sp³-hybridized carbons (Fsp3) is 0.353. The van der Waals surface area contributed by atoms with Gasteiger partial charge in [-0.3, -0.25) is 4.79 Å². The third-order valence-electron chi connectivity index (χ3n) is 4.32. The minimum Gasteiger partial charge on any atom is -0.467 e. The maximum absolute atomic E-state index is 12.0. The molecule has 0 spiro atoms. The molecule has 0 aliphatic carbocycles. The molecule has 0 radical (unpaired) electrons. The van der Waals surface area contributed by atoms with Crippen LogP contribution < -0.4 is 10.6 Å². The highest BCUT2D eigenvalue weighted by atomic mass is 16.3. The quantitative estimate of drug-likeness (QED) is 0.910. The minimum atomic E-state index is -0.498. The summed E-state index contributed by atoms with van der Waals surface area (Å²) in [6, 6.07) is 8.04. The second-order valence-electron chi connectivity index (χ2n) is 6.07. The molecule has 1 amide bonds. The lowest BCUT2D eigenvalue weighted by Crippen LogP contribution is -2.27. The lowest BCUT2D eigenvalue weighted by Gasteiger charge is -2.19. The number of anilines is 1. The standard InChI is InChI=1S/C17H20N2O2/c1-10-7-8-21-15(10)14(18-4)11-5-6-13-12(9-11)17(2,3)16(20)19-13/h5-9,14,18H,1-4H3,(H,19,20). The van der Waals surface area contributed by atoms with Crippen molar-refractivity contribution in [2.45, 2.75) is 32.2 Å². The van der Waals surface area contributed by atoms with E-state index in [0.29, 0.717) is 0 Å². The van der Waals surface area contributed by atoms with E-state index in [9.17, 15) is 4.79 Å². The van der Waals surface area contributed by atoms with E-state index in [1.807, 2.05) is 46.0 Å². The van der Waals surface area contributed by atoms with E-state index in [1.54, 1.807) is 6.26 Å². The van der Waals surface area contributed by atoms with Crippen LogP contribution in [-0.2, 0) is 10.2 Å². The molecule has 1 aliphatic rings. The van der Waals surface area contributed by atoms with E-state index in [0.717, 1.165) is 28.1 Å². The number of benzene rings is 1. The fourth-order valence-electron chi connectivity index (χ4n) is 2.90. The molecule has 2 heterocycles. The van der Waals surface area contributed by atoms with Crippen molar-refractivity contribution >= 4 is 11.6 Å². The number of hydrogen-bond acceptors (Lipinski definition) is 3. The molecule has 1 aromatic heterocycles. The molecule has 0 saturated carbocycles. The Bertz CT molecular complexity index is 701. The molecule has 2 N–H and O–H groups in total. The highest BCUT2D eigenvalue weighted by molar-refractivity contribution is 6.05. The molecule has 0 bridgehead atoms. The van der Waals surface area contributed by atoms with Gasteiger partial charge in [0, 0.05) is 5.69 Å². The lowest BCUT2D eigenvalue weighted by molar-refractivity contribution is -0.119. The van der Waals surface area contributed by atoms with Crippen molar-refractivity contribution in [2.24, 2.45) is 0 Å². The van der Waals surface area contributed by atoms with E-state index in [-0.39, 0.29) is 11.9 Å². The Balaban J connectivity index is 2.07. The van der Waals surface area contributed by atoms with Crippen molar-refractivity contribution in [1.82, 2.24) is 5.32 Å². The Morgan fingerprint density at radius 3 is 2.67 bits per heavy atom. The van der Waals surface area contributed by atoms with Crippen LogP contribution in [0.5, 0.6) is 0 Å². The van der Waals surface area contributed by atoms with Gasteiger partial charge in [0.2, 0.25) is 5.91 Å². The third kappa shape index (κ3) is 2.07. The van der Waals surface area contributed by atoms with Crippen molar-refractivity contribution in [3.05, 3.63) is 53.0 Å². The van der Waals surface area contributed by atoms with Crippen LogP contribution in [0.25, 0.3) is 0 Å². The Kier molecular flexibility index (Phi) is 3.14. The number of carbonyl (C=O) groups is 1. The summed E-state index contributed by atoms with van der Waals surface area (Å²) >= 11 is 0. The number of amides is 1. The molecule has 1 unspecified atom stereocenters. The van der Waals surface area contributed by atoms with Crippen LogP contribution in [0.4, 0.5) is 5.69 Å². The largest absolute Gasteiger partial charge is 0.467 e. The molecular weight excluding hydrogens is 264 g/mol. The molecule has 0 fully saturated rings. The summed E-state index contributed by atoms with van der Waals surface area (Å²) in [4.78, 5) is 12.0. The summed E-state index contributed by atoms with van der Waals surface area (Å²) in [5.74, 6) is 0.956. The first-order chi connectivity index (χ1) is 9.95. The normalized spacial score (nSPS) is 17.4. The summed E-state index contributed by atoms with van der Waals surface area (Å²) in [5.41, 5.74) is 3.65. The summed E-state index contributed by atoms with van der Waals surface area (Å²) < 4.78 is 5.62. The monoisotopic (exact) mass is 284 g/mol. The van der Waals surface area contributed by atoms with Gasteiger partial charge in [0.1, 0.15) is 5.76 Å². The van der Waals surface area contributed by atoms with Crippen LogP contribution in [0, 0.1) is 6.92 Å². The van der Waals surface area contributed by atoms with Gasteiger partial charge in [0.25, 0.3) is 0 Å². The predicted molar refractivity (Wildman–Crippen MR) is 82.4 cm³/mol. The van der Waals surface area contributed by atoms with Gasteiger partial charge >= 0.3 is 0 Å². The maximum atomic E-state index is 12.0. The molecule has 21 heavy (non-hydrogen) atoms. The van der Waals surface area contributed by atoms with Crippen molar-refractivity contribution in [2.75, 3.05) is 12.4 Å². The van der Waals surface area contributed by atoms with E-state index >= 15 is 0 Å². The molecule has 1 aromatic carbocycles. The zero-order valence-corrected chi connectivity index (χ0v) is 12.8. The Morgan fingerprint density at radius 1 is 1.29 bits per heavy atom. The van der Waals surface area contributed by atoms with Crippen LogP contribution in [0.2, 0.25) is 0 Å². The van der Waals surface area contributed by atoms with Crippen LogP contribution in [0.1, 0.15) is 42.3 Å². The van der Waals surface area contributed by atoms with Crippen molar-refractivity contribution < 1.29 is 9.21 Å². The van der Waals surface area contributed by atoms with E-state index in [2.05, 4.69) is 16.7 Å². The Labute approximate surface area is 124 Å². The molecule has 1 aliphatic heterocycles. The number of aryl methyl sites for hydroxylation is 1. The zero-order valence-electron chi connectivity index (χ0n) is 12.8. The number of hydrogen-bond donors (Lipinski definition) is 2. The summed E-state index contributed by atoms with van der Waals surface area (Å²) in [6.45, 7) is 5.93. The summed E-state index contributed by atoms with van der Waals surface area (Å²) in [7, 11) is 1.91.